The van der Waals surface area contributed by atoms with Crippen molar-refractivity contribution in [1.82, 2.24) is 19.7 Å². The predicted molar refractivity (Wildman–Crippen MR) is 82.0 cm³/mol. The van der Waals surface area contributed by atoms with E-state index in [0.717, 1.165) is 18.9 Å². The van der Waals surface area contributed by atoms with E-state index in [1.807, 2.05) is 6.33 Å². The molecule has 0 unspecified atom stereocenters. The van der Waals surface area contributed by atoms with Crippen molar-refractivity contribution in [3.05, 3.63) is 34.5 Å². The molecule has 20 heavy (non-hydrogen) atoms. The molecule has 0 aromatic carbocycles. The highest BCUT2D eigenvalue weighted by Crippen LogP contribution is 2.28. The maximum atomic E-state index is 4.38. The second-order valence-electron chi connectivity index (χ2n) is 5.90. The molecule has 0 radical (unpaired) electrons. The first-order chi connectivity index (χ1) is 9.74. The summed E-state index contributed by atoms with van der Waals surface area (Å²) in [6.07, 6.45) is 4.35. The van der Waals surface area contributed by atoms with E-state index in [1.165, 1.54) is 24.9 Å². The van der Waals surface area contributed by atoms with E-state index in [0.29, 0.717) is 12.0 Å². The zero-order valence-corrected chi connectivity index (χ0v) is 13.0. The zero-order chi connectivity index (χ0) is 13.9. The molecule has 0 bridgehead atoms. The van der Waals surface area contributed by atoms with E-state index in [1.54, 1.807) is 11.3 Å². The topological polar surface area (TPSA) is 34.0 Å². The van der Waals surface area contributed by atoms with Gasteiger partial charge in [0.25, 0.3) is 0 Å². The summed E-state index contributed by atoms with van der Waals surface area (Å²) >= 11 is 1.78. The zero-order valence-electron chi connectivity index (χ0n) is 12.2. The highest BCUT2D eigenvalue weighted by Gasteiger charge is 2.25. The Hall–Kier alpha value is -1.20. The largest absolute Gasteiger partial charge is 0.315 e. The van der Waals surface area contributed by atoms with Crippen LogP contribution in [0.4, 0.5) is 0 Å². The van der Waals surface area contributed by atoms with Gasteiger partial charge in [0, 0.05) is 25.0 Å². The summed E-state index contributed by atoms with van der Waals surface area (Å²) in [4.78, 5) is 2.55. The summed E-state index contributed by atoms with van der Waals surface area (Å²) in [5.74, 6) is 1.68. The fourth-order valence-electron chi connectivity index (χ4n) is 2.99. The van der Waals surface area contributed by atoms with Crippen molar-refractivity contribution in [2.24, 2.45) is 0 Å². The molecule has 108 valence electrons. The molecule has 1 aliphatic rings. The molecule has 3 rings (SSSR count). The molecule has 0 aliphatic carbocycles. The normalized spacial score (nSPS) is 20.6. The first kappa shape index (κ1) is 13.8. The highest BCUT2D eigenvalue weighted by molar-refractivity contribution is 7.07. The van der Waals surface area contributed by atoms with Crippen molar-refractivity contribution in [2.45, 2.75) is 45.2 Å². The number of nitrogens with zero attached hydrogens (tertiary/aromatic N) is 4. The molecule has 0 amide bonds. The van der Waals surface area contributed by atoms with Crippen LogP contribution in [0.25, 0.3) is 0 Å². The molecule has 1 atom stereocenters. The van der Waals surface area contributed by atoms with E-state index in [-0.39, 0.29) is 0 Å². The molecule has 1 aliphatic heterocycles. The van der Waals surface area contributed by atoms with Crippen LogP contribution in [-0.4, -0.2) is 32.8 Å². The summed E-state index contributed by atoms with van der Waals surface area (Å²) in [6, 6.07) is 2.66. The van der Waals surface area contributed by atoms with Gasteiger partial charge in [0.1, 0.15) is 12.2 Å². The van der Waals surface area contributed by atoms with E-state index in [4.69, 9.17) is 0 Å². The lowest BCUT2D eigenvalue weighted by molar-refractivity contribution is 0.194. The van der Waals surface area contributed by atoms with Gasteiger partial charge in [0.05, 0.1) is 0 Å². The standard InChI is InChI=1S/C15H22N4S/c1-12(2)19-11-16-17-15(19)14-4-3-6-18(9-14)8-13-5-7-20-10-13/h5,7,10-12,14H,3-4,6,8-9H2,1-2H3/t14-/m0/s1. The average Bonchev–Trinajstić information content (AvgIpc) is 3.09. The van der Waals surface area contributed by atoms with Crippen molar-refractivity contribution >= 4 is 11.3 Å². The Morgan fingerprint density at radius 1 is 1.45 bits per heavy atom. The SMILES string of the molecule is CC(C)n1cnnc1[C@H]1CCCN(Cc2ccsc2)C1. The fraction of sp³-hybridized carbons (Fsp3) is 0.600. The summed E-state index contributed by atoms with van der Waals surface area (Å²) in [5, 5.41) is 12.9. The monoisotopic (exact) mass is 290 g/mol. The highest BCUT2D eigenvalue weighted by atomic mass is 32.1. The first-order valence-corrected chi connectivity index (χ1v) is 8.31. The number of rotatable bonds is 4. The van der Waals surface area contributed by atoms with Gasteiger partial charge in [-0.3, -0.25) is 4.90 Å². The Morgan fingerprint density at radius 3 is 3.10 bits per heavy atom. The number of thiophene rings is 1. The minimum Gasteiger partial charge on any atom is -0.315 e. The minimum absolute atomic E-state index is 0.437. The number of piperidine rings is 1. The van der Waals surface area contributed by atoms with Gasteiger partial charge < -0.3 is 4.57 Å². The Kier molecular flexibility index (Phi) is 4.17. The van der Waals surface area contributed by atoms with Crippen molar-refractivity contribution in [3.63, 3.8) is 0 Å². The molecule has 3 heterocycles. The molecule has 0 spiro atoms. The quantitative estimate of drug-likeness (QED) is 0.866. The van der Waals surface area contributed by atoms with Crippen LogP contribution in [0.2, 0.25) is 0 Å². The number of hydrogen-bond acceptors (Lipinski definition) is 4. The molecule has 0 saturated carbocycles. The molecule has 4 nitrogen and oxygen atoms in total. The van der Waals surface area contributed by atoms with Crippen LogP contribution in [0.5, 0.6) is 0 Å². The summed E-state index contributed by atoms with van der Waals surface area (Å²) in [7, 11) is 0. The molecule has 1 fully saturated rings. The Morgan fingerprint density at radius 2 is 2.35 bits per heavy atom. The third-order valence-corrected chi connectivity index (χ3v) is 4.75. The van der Waals surface area contributed by atoms with Crippen LogP contribution >= 0.6 is 11.3 Å². The van der Waals surface area contributed by atoms with Crippen LogP contribution in [0.1, 0.15) is 50.0 Å². The van der Waals surface area contributed by atoms with Crippen molar-refractivity contribution in [3.8, 4) is 0 Å². The maximum Gasteiger partial charge on any atom is 0.137 e. The predicted octanol–water partition coefficient (Wildman–Crippen LogP) is 3.30. The van der Waals surface area contributed by atoms with Crippen LogP contribution in [-0.2, 0) is 6.54 Å². The molecule has 1 saturated heterocycles. The van der Waals surface area contributed by atoms with Gasteiger partial charge >= 0.3 is 0 Å². The molecule has 2 aromatic heterocycles. The van der Waals surface area contributed by atoms with E-state index < -0.39 is 0 Å². The molecular weight excluding hydrogens is 268 g/mol. The second-order valence-corrected chi connectivity index (χ2v) is 6.68. The first-order valence-electron chi connectivity index (χ1n) is 7.37. The number of aromatic nitrogens is 3. The molecular formula is C15H22N4S. The Labute approximate surface area is 124 Å². The Balaban J connectivity index is 1.70. The lowest BCUT2D eigenvalue weighted by atomic mass is 9.96. The third kappa shape index (κ3) is 2.94. The average molecular weight is 290 g/mol. The van der Waals surface area contributed by atoms with Crippen LogP contribution in [0.3, 0.4) is 0 Å². The summed E-state index contributed by atoms with van der Waals surface area (Å²) in [5.41, 5.74) is 1.43. The van der Waals surface area contributed by atoms with Gasteiger partial charge in [0.2, 0.25) is 0 Å². The molecule has 5 heteroatoms. The van der Waals surface area contributed by atoms with Crippen LogP contribution < -0.4 is 0 Å². The molecule has 2 aromatic rings. The number of hydrogen-bond donors (Lipinski definition) is 0. The van der Waals surface area contributed by atoms with E-state index in [2.05, 4.69) is 50.3 Å². The van der Waals surface area contributed by atoms with E-state index in [9.17, 15) is 0 Å². The van der Waals surface area contributed by atoms with Crippen molar-refractivity contribution in [2.75, 3.05) is 13.1 Å². The van der Waals surface area contributed by atoms with Crippen LogP contribution in [0.15, 0.2) is 23.2 Å². The maximum absolute atomic E-state index is 4.38. The fourth-order valence-corrected chi connectivity index (χ4v) is 3.65. The lowest BCUT2D eigenvalue weighted by Crippen LogP contribution is -2.35. The minimum atomic E-state index is 0.437. The molecule has 0 N–H and O–H groups in total. The van der Waals surface area contributed by atoms with Gasteiger partial charge in [-0.05, 0) is 55.6 Å². The summed E-state index contributed by atoms with van der Waals surface area (Å²) < 4.78 is 2.22. The smallest absolute Gasteiger partial charge is 0.137 e. The van der Waals surface area contributed by atoms with Crippen molar-refractivity contribution in [1.29, 1.82) is 0 Å². The van der Waals surface area contributed by atoms with Gasteiger partial charge in [-0.25, -0.2) is 0 Å². The van der Waals surface area contributed by atoms with E-state index >= 15 is 0 Å². The van der Waals surface area contributed by atoms with Crippen LogP contribution in [0, 0.1) is 0 Å². The van der Waals surface area contributed by atoms with Crippen molar-refractivity contribution < 1.29 is 0 Å². The van der Waals surface area contributed by atoms with Gasteiger partial charge in [-0.1, -0.05) is 0 Å². The third-order valence-electron chi connectivity index (χ3n) is 4.01. The number of likely N-dealkylation sites (tertiary alicyclic amines) is 1. The van der Waals surface area contributed by atoms with Gasteiger partial charge in [0.15, 0.2) is 0 Å². The lowest BCUT2D eigenvalue weighted by Gasteiger charge is -2.32. The second kappa shape index (κ2) is 6.06. The Bertz CT molecular complexity index is 532. The summed E-state index contributed by atoms with van der Waals surface area (Å²) in [6.45, 7) is 7.75. The van der Waals surface area contributed by atoms with Gasteiger partial charge in [-0.15, -0.1) is 10.2 Å². The van der Waals surface area contributed by atoms with Gasteiger partial charge in [-0.2, -0.15) is 11.3 Å².